The maximum absolute atomic E-state index is 13.1. The van der Waals surface area contributed by atoms with Gasteiger partial charge in [-0.05, 0) is 25.0 Å². The Balaban J connectivity index is 2.18. The molecule has 0 aliphatic carbocycles. The first kappa shape index (κ1) is 15.8. The minimum atomic E-state index is -3.50. The number of nitrogens with one attached hydrogen (secondary N) is 1. The number of hydrogen-bond acceptors (Lipinski definition) is 3. The van der Waals surface area contributed by atoms with Crippen molar-refractivity contribution in [3.63, 3.8) is 0 Å². The smallest absolute Gasteiger partial charge is 0.242 e. The molecule has 1 amide bonds. The second kappa shape index (κ2) is 6.07. The van der Waals surface area contributed by atoms with Crippen LogP contribution in [0.15, 0.2) is 18.2 Å². The lowest BCUT2D eigenvalue weighted by molar-refractivity contribution is -0.120. The molecule has 1 aliphatic rings. The number of amides is 1. The highest BCUT2D eigenvalue weighted by atomic mass is 32.2. The predicted molar refractivity (Wildman–Crippen MR) is 74.2 cm³/mol. The van der Waals surface area contributed by atoms with Crippen LogP contribution in [0.2, 0.25) is 0 Å². The van der Waals surface area contributed by atoms with Crippen molar-refractivity contribution in [2.75, 3.05) is 18.1 Å². The highest BCUT2D eigenvalue weighted by molar-refractivity contribution is 7.88. The summed E-state index contributed by atoms with van der Waals surface area (Å²) in [7, 11) is -3.50. The summed E-state index contributed by atoms with van der Waals surface area (Å²) in [4.78, 5) is 12.2. The van der Waals surface area contributed by atoms with Crippen molar-refractivity contribution in [2.24, 2.45) is 0 Å². The molecule has 0 spiro atoms. The van der Waals surface area contributed by atoms with E-state index in [-0.39, 0.29) is 12.2 Å². The summed E-state index contributed by atoms with van der Waals surface area (Å²) in [6.45, 7) is 0.272. The van der Waals surface area contributed by atoms with E-state index in [0.29, 0.717) is 18.9 Å². The zero-order valence-corrected chi connectivity index (χ0v) is 12.3. The predicted octanol–water partition coefficient (Wildman–Crippen LogP) is 1.72. The molecule has 1 aromatic rings. The molecule has 1 aromatic carbocycles. The molecule has 116 valence electrons. The van der Waals surface area contributed by atoms with Crippen molar-refractivity contribution >= 4 is 21.6 Å². The fourth-order valence-electron chi connectivity index (χ4n) is 2.42. The van der Waals surface area contributed by atoms with Crippen molar-refractivity contribution in [3.8, 4) is 0 Å². The summed E-state index contributed by atoms with van der Waals surface area (Å²) < 4.78 is 50.7. The molecular weight excluding hydrogens is 302 g/mol. The first-order chi connectivity index (χ1) is 9.77. The Morgan fingerprint density at radius 3 is 2.43 bits per heavy atom. The van der Waals surface area contributed by atoms with Gasteiger partial charge in [0.1, 0.15) is 17.7 Å². The Bertz CT molecular complexity index is 629. The zero-order valence-electron chi connectivity index (χ0n) is 11.5. The Labute approximate surface area is 122 Å². The summed E-state index contributed by atoms with van der Waals surface area (Å²) >= 11 is 0. The molecule has 0 bridgehead atoms. The number of halogens is 2. The molecule has 0 saturated carbocycles. The Kier molecular flexibility index (Phi) is 4.58. The van der Waals surface area contributed by atoms with Crippen LogP contribution < -0.4 is 5.32 Å². The van der Waals surface area contributed by atoms with Crippen molar-refractivity contribution in [2.45, 2.75) is 25.3 Å². The molecule has 2 rings (SSSR count). The van der Waals surface area contributed by atoms with Gasteiger partial charge in [0.2, 0.25) is 15.9 Å². The molecule has 0 aromatic heterocycles. The number of nitrogens with zero attached hydrogens (tertiary/aromatic N) is 1. The van der Waals surface area contributed by atoms with Crippen molar-refractivity contribution in [3.05, 3.63) is 29.8 Å². The SMILES string of the molecule is CS(=O)(=O)N1CCCCC1C(=O)Nc1cc(F)cc(F)c1. The normalized spacial score (nSPS) is 20.2. The minimum Gasteiger partial charge on any atom is -0.324 e. The van der Waals surface area contributed by atoms with Crippen LogP contribution in [0.4, 0.5) is 14.5 Å². The van der Waals surface area contributed by atoms with E-state index in [1.807, 2.05) is 0 Å². The molecule has 1 fully saturated rings. The van der Waals surface area contributed by atoms with Gasteiger partial charge in [0, 0.05) is 18.3 Å². The summed E-state index contributed by atoms with van der Waals surface area (Å²) in [6.07, 6.45) is 2.84. The average Bonchev–Trinajstić information content (AvgIpc) is 2.36. The van der Waals surface area contributed by atoms with E-state index in [0.717, 1.165) is 29.1 Å². The summed E-state index contributed by atoms with van der Waals surface area (Å²) in [5.74, 6) is -2.20. The number of sulfonamides is 1. The molecule has 1 aliphatic heterocycles. The number of benzene rings is 1. The largest absolute Gasteiger partial charge is 0.324 e. The highest BCUT2D eigenvalue weighted by Gasteiger charge is 2.34. The Morgan fingerprint density at radius 2 is 1.86 bits per heavy atom. The molecule has 0 radical (unpaired) electrons. The topological polar surface area (TPSA) is 66.5 Å². The molecule has 1 N–H and O–H groups in total. The van der Waals surface area contributed by atoms with Crippen LogP contribution in [0.5, 0.6) is 0 Å². The number of rotatable bonds is 3. The van der Waals surface area contributed by atoms with Gasteiger partial charge in [0.25, 0.3) is 0 Å². The van der Waals surface area contributed by atoms with Crippen molar-refractivity contribution < 1.29 is 22.0 Å². The number of hydrogen-bond donors (Lipinski definition) is 1. The molecule has 1 heterocycles. The maximum Gasteiger partial charge on any atom is 0.242 e. The van der Waals surface area contributed by atoms with E-state index in [2.05, 4.69) is 5.32 Å². The standard InChI is InChI=1S/C13H16F2N2O3S/c1-21(19,20)17-5-3-2-4-12(17)13(18)16-11-7-9(14)6-10(15)8-11/h6-8,12H,2-5H2,1H3,(H,16,18). The molecule has 1 atom stereocenters. The maximum atomic E-state index is 13.1. The van der Waals surface area contributed by atoms with E-state index in [1.54, 1.807) is 0 Å². The van der Waals surface area contributed by atoms with E-state index >= 15 is 0 Å². The molecule has 1 unspecified atom stereocenters. The minimum absolute atomic E-state index is 0.0310. The monoisotopic (exact) mass is 318 g/mol. The Morgan fingerprint density at radius 1 is 1.24 bits per heavy atom. The summed E-state index contributed by atoms with van der Waals surface area (Å²) in [5, 5.41) is 2.37. The lowest BCUT2D eigenvalue weighted by Crippen LogP contribution is -2.49. The van der Waals surface area contributed by atoms with Crippen LogP contribution in [-0.4, -0.2) is 37.5 Å². The van der Waals surface area contributed by atoms with Gasteiger partial charge in [0.05, 0.1) is 6.26 Å². The summed E-state index contributed by atoms with van der Waals surface area (Å²) in [6, 6.07) is 1.81. The number of carbonyl (C=O) groups excluding carboxylic acids is 1. The van der Waals surface area contributed by atoms with Crippen LogP contribution >= 0.6 is 0 Å². The van der Waals surface area contributed by atoms with E-state index in [9.17, 15) is 22.0 Å². The number of piperidine rings is 1. The first-order valence-electron chi connectivity index (χ1n) is 6.51. The van der Waals surface area contributed by atoms with Gasteiger partial charge < -0.3 is 5.32 Å². The van der Waals surface area contributed by atoms with E-state index in [4.69, 9.17) is 0 Å². The fourth-order valence-corrected chi connectivity index (χ4v) is 3.54. The van der Waals surface area contributed by atoms with Gasteiger partial charge in [-0.25, -0.2) is 17.2 Å². The molecular formula is C13H16F2N2O3S. The second-order valence-electron chi connectivity index (χ2n) is 5.03. The molecule has 5 nitrogen and oxygen atoms in total. The lowest BCUT2D eigenvalue weighted by Gasteiger charge is -2.32. The van der Waals surface area contributed by atoms with Crippen LogP contribution in [0.3, 0.4) is 0 Å². The van der Waals surface area contributed by atoms with Crippen LogP contribution in [0, 0.1) is 11.6 Å². The third kappa shape index (κ3) is 3.98. The highest BCUT2D eigenvalue weighted by Crippen LogP contribution is 2.22. The average molecular weight is 318 g/mol. The lowest BCUT2D eigenvalue weighted by atomic mass is 10.0. The van der Waals surface area contributed by atoms with Crippen LogP contribution in [0.25, 0.3) is 0 Å². The Hall–Kier alpha value is -1.54. The van der Waals surface area contributed by atoms with E-state index in [1.165, 1.54) is 0 Å². The third-order valence-corrected chi connectivity index (χ3v) is 4.60. The van der Waals surface area contributed by atoms with Gasteiger partial charge in [-0.2, -0.15) is 4.31 Å². The van der Waals surface area contributed by atoms with Crippen molar-refractivity contribution in [1.82, 2.24) is 4.31 Å². The fraction of sp³-hybridized carbons (Fsp3) is 0.462. The quantitative estimate of drug-likeness (QED) is 0.923. The van der Waals surface area contributed by atoms with E-state index < -0.39 is 33.6 Å². The molecule has 1 saturated heterocycles. The van der Waals surface area contributed by atoms with Crippen LogP contribution in [-0.2, 0) is 14.8 Å². The number of anilines is 1. The van der Waals surface area contributed by atoms with Crippen molar-refractivity contribution in [1.29, 1.82) is 0 Å². The van der Waals surface area contributed by atoms with Gasteiger partial charge in [-0.15, -0.1) is 0 Å². The third-order valence-electron chi connectivity index (χ3n) is 3.31. The summed E-state index contributed by atoms with van der Waals surface area (Å²) in [5.41, 5.74) is -0.0310. The van der Waals surface area contributed by atoms with Gasteiger partial charge in [-0.3, -0.25) is 4.79 Å². The zero-order chi connectivity index (χ0) is 15.6. The molecule has 21 heavy (non-hydrogen) atoms. The van der Waals surface area contributed by atoms with Gasteiger partial charge in [-0.1, -0.05) is 6.42 Å². The van der Waals surface area contributed by atoms with Crippen LogP contribution in [0.1, 0.15) is 19.3 Å². The second-order valence-corrected chi connectivity index (χ2v) is 6.97. The van der Waals surface area contributed by atoms with Gasteiger partial charge in [0.15, 0.2) is 0 Å². The number of carbonyl (C=O) groups is 1. The molecule has 8 heteroatoms. The first-order valence-corrected chi connectivity index (χ1v) is 8.36. The van der Waals surface area contributed by atoms with Gasteiger partial charge >= 0.3 is 0 Å².